The lowest BCUT2D eigenvalue weighted by atomic mass is 10.0. The van der Waals surface area contributed by atoms with Gasteiger partial charge in [-0.05, 0) is 46.7 Å². The molecule has 4 rings (SSSR count). The van der Waals surface area contributed by atoms with E-state index in [2.05, 4.69) is 58.1 Å². The molecule has 0 aliphatic carbocycles. The number of tetrazole rings is 1. The van der Waals surface area contributed by atoms with Gasteiger partial charge in [0.1, 0.15) is 6.04 Å². The fraction of sp³-hybridized carbons (Fsp3) is 0.118. The first kappa shape index (κ1) is 14.0. The fourth-order valence-electron chi connectivity index (χ4n) is 2.65. The third-order valence-corrected chi connectivity index (χ3v) is 4.15. The first-order chi connectivity index (χ1) is 11.2. The molecule has 0 radical (unpaired) electrons. The zero-order chi connectivity index (χ0) is 15.8. The summed E-state index contributed by atoms with van der Waals surface area (Å²) in [5.74, 6) is 0.628. The Morgan fingerprint density at radius 1 is 1.04 bits per heavy atom. The SMILES string of the molecule is Cc1ccc(C2C=C(c3ccc(Cl)cc3)Nc3nnnn32)cc1. The first-order valence-electron chi connectivity index (χ1n) is 7.30. The van der Waals surface area contributed by atoms with Crippen LogP contribution in [0.2, 0.25) is 5.02 Å². The Kier molecular flexibility index (Phi) is 3.35. The molecule has 2 heterocycles. The number of hydrogen-bond acceptors (Lipinski definition) is 4. The van der Waals surface area contributed by atoms with Crippen molar-refractivity contribution in [1.82, 2.24) is 20.2 Å². The molecule has 1 aromatic heterocycles. The maximum atomic E-state index is 5.98. The van der Waals surface area contributed by atoms with Crippen LogP contribution in [0.15, 0.2) is 54.6 Å². The smallest absolute Gasteiger partial charge is 0.248 e. The van der Waals surface area contributed by atoms with E-state index in [-0.39, 0.29) is 6.04 Å². The normalized spacial score (nSPS) is 16.4. The Morgan fingerprint density at radius 2 is 1.78 bits per heavy atom. The van der Waals surface area contributed by atoms with Gasteiger partial charge in [-0.1, -0.05) is 58.7 Å². The van der Waals surface area contributed by atoms with E-state index in [0.29, 0.717) is 11.0 Å². The van der Waals surface area contributed by atoms with Crippen LogP contribution >= 0.6 is 11.6 Å². The van der Waals surface area contributed by atoms with Crippen molar-refractivity contribution < 1.29 is 0 Å². The van der Waals surface area contributed by atoms with Crippen molar-refractivity contribution in [2.45, 2.75) is 13.0 Å². The van der Waals surface area contributed by atoms with Crippen LogP contribution in [0, 0.1) is 6.92 Å². The molecule has 2 aromatic carbocycles. The van der Waals surface area contributed by atoms with E-state index in [0.717, 1.165) is 16.8 Å². The number of fused-ring (bicyclic) bond motifs is 1. The molecule has 5 nitrogen and oxygen atoms in total. The van der Waals surface area contributed by atoms with Crippen LogP contribution in [0.25, 0.3) is 5.70 Å². The van der Waals surface area contributed by atoms with E-state index in [1.165, 1.54) is 5.56 Å². The van der Waals surface area contributed by atoms with Gasteiger partial charge in [-0.15, -0.1) is 0 Å². The minimum absolute atomic E-state index is 0.0486. The Hall–Kier alpha value is -2.66. The van der Waals surface area contributed by atoms with Crippen molar-refractivity contribution in [2.24, 2.45) is 0 Å². The van der Waals surface area contributed by atoms with Crippen LogP contribution < -0.4 is 5.32 Å². The van der Waals surface area contributed by atoms with Crippen LogP contribution in [0.4, 0.5) is 5.95 Å². The fourth-order valence-corrected chi connectivity index (χ4v) is 2.78. The minimum Gasteiger partial charge on any atom is -0.323 e. The van der Waals surface area contributed by atoms with Gasteiger partial charge in [-0.3, -0.25) is 0 Å². The van der Waals surface area contributed by atoms with E-state index in [4.69, 9.17) is 11.6 Å². The molecule has 114 valence electrons. The molecule has 0 saturated heterocycles. The highest BCUT2D eigenvalue weighted by Crippen LogP contribution is 2.31. The molecule has 1 atom stereocenters. The predicted molar refractivity (Wildman–Crippen MR) is 90.2 cm³/mol. The summed E-state index contributed by atoms with van der Waals surface area (Å²) in [6, 6.07) is 16.1. The molecule has 0 amide bonds. The lowest BCUT2D eigenvalue weighted by Gasteiger charge is -2.23. The summed E-state index contributed by atoms with van der Waals surface area (Å²) in [7, 11) is 0. The van der Waals surface area contributed by atoms with E-state index < -0.39 is 0 Å². The average molecular weight is 324 g/mol. The van der Waals surface area contributed by atoms with Crippen molar-refractivity contribution in [2.75, 3.05) is 5.32 Å². The van der Waals surface area contributed by atoms with Gasteiger partial charge in [0.05, 0.1) is 0 Å². The summed E-state index contributed by atoms with van der Waals surface area (Å²) in [5.41, 5.74) is 4.37. The average Bonchev–Trinajstić information content (AvgIpc) is 3.04. The summed E-state index contributed by atoms with van der Waals surface area (Å²) >= 11 is 5.98. The van der Waals surface area contributed by atoms with Crippen molar-refractivity contribution in [3.8, 4) is 0 Å². The quantitative estimate of drug-likeness (QED) is 0.781. The van der Waals surface area contributed by atoms with Gasteiger partial charge in [0.15, 0.2) is 0 Å². The summed E-state index contributed by atoms with van der Waals surface area (Å²) < 4.78 is 1.78. The molecule has 3 aromatic rings. The summed E-state index contributed by atoms with van der Waals surface area (Å²) in [6.45, 7) is 2.07. The molecule has 0 fully saturated rings. The van der Waals surface area contributed by atoms with Crippen molar-refractivity contribution in [3.63, 3.8) is 0 Å². The van der Waals surface area contributed by atoms with Gasteiger partial charge in [0, 0.05) is 10.7 Å². The van der Waals surface area contributed by atoms with Gasteiger partial charge < -0.3 is 5.32 Å². The Balaban J connectivity index is 1.79. The van der Waals surface area contributed by atoms with Crippen molar-refractivity contribution in [1.29, 1.82) is 0 Å². The summed E-state index contributed by atoms with van der Waals surface area (Å²) in [4.78, 5) is 0. The molecule has 6 heteroatoms. The zero-order valence-corrected chi connectivity index (χ0v) is 13.2. The Morgan fingerprint density at radius 3 is 2.52 bits per heavy atom. The molecular formula is C17H14ClN5. The predicted octanol–water partition coefficient (Wildman–Crippen LogP) is 3.69. The highest BCUT2D eigenvalue weighted by atomic mass is 35.5. The Labute approximate surface area is 138 Å². The largest absolute Gasteiger partial charge is 0.323 e. The highest BCUT2D eigenvalue weighted by Gasteiger charge is 2.24. The van der Waals surface area contributed by atoms with E-state index >= 15 is 0 Å². The molecule has 1 N–H and O–H groups in total. The number of nitrogens with zero attached hydrogens (tertiary/aromatic N) is 4. The molecular weight excluding hydrogens is 310 g/mol. The Bertz CT molecular complexity index is 865. The lowest BCUT2D eigenvalue weighted by Crippen LogP contribution is -2.20. The standard InChI is InChI=1S/C17H14ClN5/c1-11-2-4-13(5-3-11)16-10-15(12-6-8-14(18)9-7-12)19-17-20-21-22-23(16)17/h2-10,16H,1H3,(H,19,20,22). The van der Waals surface area contributed by atoms with Crippen LogP contribution in [0.3, 0.4) is 0 Å². The second-order valence-corrected chi connectivity index (χ2v) is 5.95. The van der Waals surface area contributed by atoms with Gasteiger partial charge >= 0.3 is 0 Å². The molecule has 1 unspecified atom stereocenters. The monoisotopic (exact) mass is 323 g/mol. The first-order valence-corrected chi connectivity index (χ1v) is 7.68. The van der Waals surface area contributed by atoms with Crippen LogP contribution in [0.5, 0.6) is 0 Å². The van der Waals surface area contributed by atoms with Crippen molar-refractivity contribution in [3.05, 3.63) is 76.3 Å². The second-order valence-electron chi connectivity index (χ2n) is 5.51. The molecule has 23 heavy (non-hydrogen) atoms. The third kappa shape index (κ3) is 2.59. The van der Waals surface area contributed by atoms with E-state index in [9.17, 15) is 0 Å². The summed E-state index contributed by atoms with van der Waals surface area (Å²) in [5, 5.41) is 15.9. The maximum Gasteiger partial charge on any atom is 0.248 e. The van der Waals surface area contributed by atoms with Gasteiger partial charge in [0.2, 0.25) is 5.95 Å². The van der Waals surface area contributed by atoms with Gasteiger partial charge in [-0.2, -0.15) is 4.68 Å². The maximum absolute atomic E-state index is 5.98. The van der Waals surface area contributed by atoms with Crippen LogP contribution in [-0.4, -0.2) is 20.2 Å². The second kappa shape index (κ2) is 5.52. The third-order valence-electron chi connectivity index (χ3n) is 3.90. The van der Waals surface area contributed by atoms with E-state index in [1.807, 2.05) is 24.3 Å². The van der Waals surface area contributed by atoms with Gasteiger partial charge in [-0.25, -0.2) is 0 Å². The molecule has 0 bridgehead atoms. The minimum atomic E-state index is -0.0486. The molecule has 1 aliphatic heterocycles. The number of allylic oxidation sites excluding steroid dienone is 1. The topological polar surface area (TPSA) is 55.6 Å². The summed E-state index contributed by atoms with van der Waals surface area (Å²) in [6.07, 6.45) is 2.12. The van der Waals surface area contributed by atoms with Crippen LogP contribution in [0.1, 0.15) is 22.7 Å². The molecule has 0 spiro atoms. The van der Waals surface area contributed by atoms with E-state index in [1.54, 1.807) is 4.68 Å². The number of nitrogens with one attached hydrogen (secondary N) is 1. The highest BCUT2D eigenvalue weighted by molar-refractivity contribution is 6.30. The number of anilines is 1. The number of aromatic nitrogens is 4. The lowest BCUT2D eigenvalue weighted by molar-refractivity contribution is 0.586. The van der Waals surface area contributed by atoms with Crippen LogP contribution in [-0.2, 0) is 0 Å². The zero-order valence-electron chi connectivity index (χ0n) is 12.4. The molecule has 0 saturated carbocycles. The number of halogens is 1. The van der Waals surface area contributed by atoms with Gasteiger partial charge in [0.25, 0.3) is 0 Å². The number of hydrogen-bond donors (Lipinski definition) is 1. The number of benzene rings is 2. The molecule has 1 aliphatic rings. The number of aryl methyl sites for hydroxylation is 1. The van der Waals surface area contributed by atoms with Crippen molar-refractivity contribution >= 4 is 23.2 Å². The number of rotatable bonds is 2.